The normalized spacial score (nSPS) is 18.1. The van der Waals surface area contributed by atoms with Crippen LogP contribution in [0.2, 0.25) is 0 Å². The van der Waals surface area contributed by atoms with Crippen molar-refractivity contribution in [2.45, 2.75) is 25.7 Å². The lowest BCUT2D eigenvalue weighted by molar-refractivity contribution is 0.0700. The second-order valence-corrected chi connectivity index (χ2v) is 7.51. The Morgan fingerprint density at radius 2 is 1.39 bits per heavy atom. The van der Waals surface area contributed by atoms with Gasteiger partial charge in [-0.2, -0.15) is 0 Å². The number of hydrogen-bond acceptors (Lipinski definition) is 4. The van der Waals surface area contributed by atoms with E-state index in [1.807, 2.05) is 17.0 Å². The first-order chi connectivity index (χ1) is 13.7. The lowest BCUT2D eigenvalue weighted by Gasteiger charge is -2.29. The molecule has 2 aliphatic heterocycles. The van der Waals surface area contributed by atoms with E-state index in [1.54, 1.807) is 17.0 Å². The first-order valence-corrected chi connectivity index (χ1v) is 10.2. The lowest BCUT2D eigenvalue weighted by atomic mass is 10.1. The second-order valence-electron chi connectivity index (χ2n) is 7.51. The van der Waals surface area contributed by atoms with E-state index in [1.165, 1.54) is 31.2 Å². The van der Waals surface area contributed by atoms with Crippen LogP contribution in [0.15, 0.2) is 47.1 Å². The number of nitrogens with zero attached hydrogens (tertiary/aromatic N) is 3. The highest BCUT2D eigenvalue weighted by Crippen LogP contribution is 2.21. The van der Waals surface area contributed by atoms with Crippen molar-refractivity contribution in [3.05, 3.63) is 54.0 Å². The number of hydrogen-bond donors (Lipinski definition) is 0. The van der Waals surface area contributed by atoms with Crippen molar-refractivity contribution >= 4 is 17.5 Å². The largest absolute Gasteiger partial charge is 0.459 e. The Balaban J connectivity index is 1.37. The van der Waals surface area contributed by atoms with Crippen LogP contribution in [0.5, 0.6) is 0 Å². The minimum Gasteiger partial charge on any atom is -0.459 e. The topological polar surface area (TPSA) is 57.0 Å². The van der Waals surface area contributed by atoms with Crippen LogP contribution in [-0.2, 0) is 0 Å². The minimum absolute atomic E-state index is 0.0393. The van der Waals surface area contributed by atoms with E-state index in [0.717, 1.165) is 19.5 Å². The van der Waals surface area contributed by atoms with Gasteiger partial charge in [0.05, 0.1) is 6.26 Å². The van der Waals surface area contributed by atoms with Crippen molar-refractivity contribution in [1.29, 1.82) is 0 Å². The standard InChI is InChI=1S/C22H27N3O3/c26-21(18-7-9-19(10-8-18)23-11-2-1-3-12-23)24-13-5-14-25(16-15-24)22(27)20-6-4-17-28-20/h4,6-10,17H,1-3,5,11-16H2. The molecule has 0 radical (unpaired) electrons. The van der Waals surface area contributed by atoms with Gasteiger partial charge in [-0.3, -0.25) is 9.59 Å². The zero-order valence-electron chi connectivity index (χ0n) is 16.2. The average Bonchev–Trinajstić information content (AvgIpc) is 3.18. The molecule has 0 atom stereocenters. The number of furan rings is 1. The molecule has 0 spiro atoms. The molecule has 0 N–H and O–H groups in total. The van der Waals surface area contributed by atoms with Gasteiger partial charge < -0.3 is 19.1 Å². The fourth-order valence-electron chi connectivity index (χ4n) is 4.03. The molecule has 28 heavy (non-hydrogen) atoms. The number of rotatable bonds is 3. The smallest absolute Gasteiger partial charge is 0.289 e. The molecule has 1 aromatic carbocycles. The van der Waals surface area contributed by atoms with Crippen molar-refractivity contribution in [1.82, 2.24) is 9.80 Å². The molecule has 148 valence electrons. The second kappa shape index (κ2) is 8.50. The van der Waals surface area contributed by atoms with E-state index in [-0.39, 0.29) is 11.8 Å². The third-order valence-corrected chi connectivity index (χ3v) is 5.64. The summed E-state index contributed by atoms with van der Waals surface area (Å²) in [6, 6.07) is 11.4. The summed E-state index contributed by atoms with van der Waals surface area (Å²) in [7, 11) is 0. The van der Waals surface area contributed by atoms with E-state index in [0.29, 0.717) is 37.5 Å². The van der Waals surface area contributed by atoms with Crippen molar-refractivity contribution in [3.8, 4) is 0 Å². The van der Waals surface area contributed by atoms with Gasteiger partial charge in [-0.25, -0.2) is 0 Å². The first kappa shape index (κ1) is 18.6. The number of piperidine rings is 1. The van der Waals surface area contributed by atoms with Crippen LogP contribution in [0.4, 0.5) is 5.69 Å². The van der Waals surface area contributed by atoms with Gasteiger partial charge in [0.1, 0.15) is 0 Å². The van der Waals surface area contributed by atoms with E-state index in [4.69, 9.17) is 4.42 Å². The highest BCUT2D eigenvalue weighted by atomic mass is 16.3. The summed E-state index contributed by atoms with van der Waals surface area (Å²) < 4.78 is 5.22. The number of anilines is 1. The number of benzene rings is 1. The Morgan fingerprint density at radius 3 is 2.04 bits per heavy atom. The summed E-state index contributed by atoms with van der Waals surface area (Å²) in [5.41, 5.74) is 1.91. The van der Waals surface area contributed by atoms with Crippen LogP contribution in [0.25, 0.3) is 0 Å². The fraction of sp³-hybridized carbons (Fsp3) is 0.455. The molecule has 2 amide bonds. The summed E-state index contributed by atoms with van der Waals surface area (Å²) in [5.74, 6) is 0.288. The number of carbonyl (C=O) groups is 2. The van der Waals surface area contributed by atoms with E-state index >= 15 is 0 Å². The van der Waals surface area contributed by atoms with E-state index in [9.17, 15) is 9.59 Å². The Hall–Kier alpha value is -2.76. The number of carbonyl (C=O) groups excluding carboxylic acids is 2. The van der Waals surface area contributed by atoms with Crippen LogP contribution in [0, 0.1) is 0 Å². The van der Waals surface area contributed by atoms with Crippen LogP contribution in [0.1, 0.15) is 46.6 Å². The van der Waals surface area contributed by atoms with Gasteiger partial charge in [0, 0.05) is 50.5 Å². The molecule has 2 aromatic rings. The van der Waals surface area contributed by atoms with Crippen LogP contribution < -0.4 is 4.90 Å². The molecule has 4 rings (SSSR count). The van der Waals surface area contributed by atoms with Crippen LogP contribution >= 0.6 is 0 Å². The summed E-state index contributed by atoms with van der Waals surface area (Å²) >= 11 is 0. The number of amides is 2. The van der Waals surface area contributed by atoms with Gasteiger partial charge in [0.2, 0.25) is 0 Å². The molecule has 2 fully saturated rings. The van der Waals surface area contributed by atoms with E-state index in [2.05, 4.69) is 17.0 Å². The van der Waals surface area contributed by atoms with Gasteiger partial charge in [-0.15, -0.1) is 0 Å². The Bertz CT molecular complexity index is 795. The maximum absolute atomic E-state index is 12.9. The molecular formula is C22H27N3O3. The molecule has 0 bridgehead atoms. The third kappa shape index (κ3) is 4.06. The predicted molar refractivity (Wildman–Crippen MR) is 108 cm³/mol. The molecule has 3 heterocycles. The molecule has 0 aliphatic carbocycles. The van der Waals surface area contributed by atoms with Gasteiger partial charge in [0.15, 0.2) is 5.76 Å². The SMILES string of the molecule is O=C(c1ccc(N2CCCCC2)cc1)N1CCCN(C(=O)c2ccco2)CC1. The van der Waals surface area contributed by atoms with Crippen molar-refractivity contribution in [2.75, 3.05) is 44.2 Å². The maximum Gasteiger partial charge on any atom is 0.289 e. The molecule has 6 heteroatoms. The first-order valence-electron chi connectivity index (χ1n) is 10.2. The van der Waals surface area contributed by atoms with Crippen LogP contribution in [0.3, 0.4) is 0 Å². The van der Waals surface area contributed by atoms with Crippen molar-refractivity contribution < 1.29 is 14.0 Å². The minimum atomic E-state index is -0.106. The molecule has 0 saturated carbocycles. The van der Waals surface area contributed by atoms with Gasteiger partial charge in [0.25, 0.3) is 11.8 Å². The van der Waals surface area contributed by atoms with Gasteiger partial charge >= 0.3 is 0 Å². The average molecular weight is 381 g/mol. The summed E-state index contributed by atoms with van der Waals surface area (Å²) in [6.45, 7) is 4.56. The zero-order chi connectivity index (χ0) is 19.3. The highest BCUT2D eigenvalue weighted by molar-refractivity contribution is 5.95. The fourth-order valence-corrected chi connectivity index (χ4v) is 4.03. The molecule has 2 aliphatic rings. The summed E-state index contributed by atoms with van der Waals surface area (Å²) in [6.07, 6.45) is 6.06. The van der Waals surface area contributed by atoms with E-state index < -0.39 is 0 Å². The zero-order valence-corrected chi connectivity index (χ0v) is 16.2. The van der Waals surface area contributed by atoms with Gasteiger partial charge in [-0.05, 0) is 62.1 Å². The highest BCUT2D eigenvalue weighted by Gasteiger charge is 2.24. The predicted octanol–water partition coefficient (Wildman–Crippen LogP) is 3.26. The third-order valence-electron chi connectivity index (χ3n) is 5.64. The summed E-state index contributed by atoms with van der Waals surface area (Å²) in [5, 5.41) is 0. The molecule has 1 aromatic heterocycles. The molecule has 2 saturated heterocycles. The Morgan fingerprint density at radius 1 is 0.714 bits per heavy atom. The summed E-state index contributed by atoms with van der Waals surface area (Å²) in [4.78, 5) is 31.4. The van der Waals surface area contributed by atoms with Gasteiger partial charge in [-0.1, -0.05) is 0 Å². The van der Waals surface area contributed by atoms with Crippen molar-refractivity contribution in [2.24, 2.45) is 0 Å². The molecular weight excluding hydrogens is 354 g/mol. The molecule has 6 nitrogen and oxygen atoms in total. The van der Waals surface area contributed by atoms with Crippen LogP contribution in [-0.4, -0.2) is 60.9 Å². The monoisotopic (exact) mass is 381 g/mol. The molecule has 0 unspecified atom stereocenters. The van der Waals surface area contributed by atoms with Crippen molar-refractivity contribution in [3.63, 3.8) is 0 Å². The quantitative estimate of drug-likeness (QED) is 0.819. The Labute approximate surface area is 165 Å². The lowest BCUT2D eigenvalue weighted by Crippen LogP contribution is -2.37. The Kier molecular flexibility index (Phi) is 5.65. The maximum atomic E-state index is 12.9.